The molecule has 1 N–H and O–H groups in total. The molecule has 1 aliphatic carbocycles. The minimum absolute atomic E-state index is 0.117. The van der Waals surface area contributed by atoms with Gasteiger partial charge in [-0.25, -0.2) is 13.1 Å². The molecule has 0 heterocycles. The standard InChI is InChI=1S/C17H15NO2S/c1-2-13-3-5-14(6-4-13)15-7-11-17(12-8-15)21(19,20)18-16-9-10-16/h1,3-8,11-12,16,18H,9-10H2. The molecule has 0 aromatic heterocycles. The van der Waals surface area contributed by atoms with E-state index in [1.54, 1.807) is 12.1 Å². The highest BCUT2D eigenvalue weighted by Crippen LogP contribution is 2.24. The largest absolute Gasteiger partial charge is 0.240 e. The Kier molecular flexibility index (Phi) is 3.54. The number of nitrogens with one attached hydrogen (secondary N) is 1. The lowest BCUT2D eigenvalue weighted by molar-refractivity contribution is 0.581. The summed E-state index contributed by atoms with van der Waals surface area (Å²) in [7, 11) is -3.38. The smallest absolute Gasteiger partial charge is 0.208 e. The van der Waals surface area contributed by atoms with Gasteiger partial charge in [-0.3, -0.25) is 0 Å². The molecule has 0 unspecified atom stereocenters. The Labute approximate surface area is 125 Å². The van der Waals surface area contributed by atoms with Gasteiger partial charge in [-0.2, -0.15) is 0 Å². The molecule has 1 aliphatic rings. The van der Waals surface area contributed by atoms with Crippen LogP contribution in [0.4, 0.5) is 0 Å². The molecule has 0 radical (unpaired) electrons. The number of hydrogen-bond acceptors (Lipinski definition) is 2. The molecule has 1 saturated carbocycles. The summed E-state index contributed by atoms with van der Waals surface area (Å²) in [5.74, 6) is 2.57. The number of benzene rings is 2. The summed E-state index contributed by atoms with van der Waals surface area (Å²) in [4.78, 5) is 0.304. The molecule has 4 heteroatoms. The third kappa shape index (κ3) is 3.15. The van der Waals surface area contributed by atoms with E-state index < -0.39 is 10.0 Å². The summed E-state index contributed by atoms with van der Waals surface area (Å²) in [5.41, 5.74) is 2.80. The van der Waals surface area contributed by atoms with Crippen molar-refractivity contribution in [3.63, 3.8) is 0 Å². The second kappa shape index (κ2) is 5.36. The fourth-order valence-corrected chi connectivity index (χ4v) is 3.38. The first-order valence-corrected chi connectivity index (χ1v) is 8.26. The first-order chi connectivity index (χ1) is 10.1. The molecule has 0 saturated heterocycles. The summed E-state index contributed by atoms with van der Waals surface area (Å²) in [5, 5.41) is 0. The van der Waals surface area contributed by atoms with Gasteiger partial charge < -0.3 is 0 Å². The highest BCUT2D eigenvalue weighted by Gasteiger charge is 2.27. The number of rotatable bonds is 4. The molecule has 0 spiro atoms. The van der Waals surface area contributed by atoms with E-state index in [0.29, 0.717) is 4.90 Å². The van der Waals surface area contributed by atoms with Crippen LogP contribution in [0.3, 0.4) is 0 Å². The van der Waals surface area contributed by atoms with Crippen LogP contribution < -0.4 is 4.72 Å². The van der Waals surface area contributed by atoms with Gasteiger partial charge in [0.2, 0.25) is 10.0 Å². The molecule has 2 aromatic carbocycles. The van der Waals surface area contributed by atoms with Gasteiger partial charge in [-0.1, -0.05) is 30.2 Å². The van der Waals surface area contributed by atoms with Gasteiger partial charge >= 0.3 is 0 Å². The van der Waals surface area contributed by atoms with E-state index in [-0.39, 0.29) is 6.04 Å². The van der Waals surface area contributed by atoms with Crippen LogP contribution in [-0.2, 0) is 10.0 Å². The van der Waals surface area contributed by atoms with Crippen molar-refractivity contribution < 1.29 is 8.42 Å². The van der Waals surface area contributed by atoms with Crippen LogP contribution in [0.15, 0.2) is 53.4 Å². The zero-order valence-electron chi connectivity index (χ0n) is 11.4. The first-order valence-electron chi connectivity index (χ1n) is 6.78. The Bertz CT molecular complexity index is 780. The van der Waals surface area contributed by atoms with Crippen molar-refractivity contribution in [2.24, 2.45) is 0 Å². The molecule has 0 aliphatic heterocycles. The van der Waals surface area contributed by atoms with Crippen molar-refractivity contribution in [1.29, 1.82) is 0 Å². The average Bonchev–Trinajstić information content (AvgIpc) is 3.31. The fraction of sp³-hybridized carbons (Fsp3) is 0.176. The number of hydrogen-bond donors (Lipinski definition) is 1. The van der Waals surface area contributed by atoms with Gasteiger partial charge in [0.05, 0.1) is 4.90 Å². The Morgan fingerprint density at radius 1 is 0.952 bits per heavy atom. The predicted molar refractivity (Wildman–Crippen MR) is 83.2 cm³/mol. The van der Waals surface area contributed by atoms with Gasteiger partial charge in [-0.15, -0.1) is 6.42 Å². The summed E-state index contributed by atoms with van der Waals surface area (Å²) in [6.07, 6.45) is 7.19. The highest BCUT2D eigenvalue weighted by atomic mass is 32.2. The topological polar surface area (TPSA) is 46.2 Å². The maximum Gasteiger partial charge on any atom is 0.240 e. The molecule has 3 nitrogen and oxygen atoms in total. The minimum atomic E-state index is -3.38. The van der Waals surface area contributed by atoms with Crippen LogP contribution >= 0.6 is 0 Å². The lowest BCUT2D eigenvalue weighted by Crippen LogP contribution is -2.25. The lowest BCUT2D eigenvalue weighted by Gasteiger charge is -2.07. The first kappa shape index (κ1) is 13.9. The van der Waals surface area contributed by atoms with Gasteiger partial charge in [0.25, 0.3) is 0 Å². The summed E-state index contributed by atoms with van der Waals surface area (Å²) < 4.78 is 26.8. The van der Waals surface area contributed by atoms with E-state index in [0.717, 1.165) is 29.5 Å². The van der Waals surface area contributed by atoms with Crippen LogP contribution in [0, 0.1) is 12.3 Å². The Hall–Kier alpha value is -2.09. The third-order valence-corrected chi connectivity index (χ3v) is 4.99. The van der Waals surface area contributed by atoms with E-state index in [9.17, 15) is 8.42 Å². The summed E-state index contributed by atoms with van der Waals surface area (Å²) in [6.45, 7) is 0. The van der Waals surface area contributed by atoms with E-state index in [4.69, 9.17) is 6.42 Å². The number of terminal acetylenes is 1. The maximum atomic E-state index is 12.1. The van der Waals surface area contributed by atoms with E-state index in [1.807, 2.05) is 36.4 Å². The monoisotopic (exact) mass is 297 g/mol. The van der Waals surface area contributed by atoms with Crippen LogP contribution in [0.2, 0.25) is 0 Å². The Balaban J connectivity index is 1.84. The molecule has 0 amide bonds. The van der Waals surface area contributed by atoms with E-state index in [1.165, 1.54) is 0 Å². The van der Waals surface area contributed by atoms with Crippen LogP contribution in [-0.4, -0.2) is 14.5 Å². The molecular weight excluding hydrogens is 282 g/mol. The van der Waals surface area contributed by atoms with Gasteiger partial charge in [0.15, 0.2) is 0 Å². The minimum Gasteiger partial charge on any atom is -0.208 e. The second-order valence-corrected chi connectivity index (χ2v) is 6.86. The van der Waals surface area contributed by atoms with Crippen molar-refractivity contribution in [3.8, 4) is 23.5 Å². The van der Waals surface area contributed by atoms with Crippen LogP contribution in [0.1, 0.15) is 18.4 Å². The molecule has 2 aromatic rings. The fourth-order valence-electron chi connectivity index (χ4n) is 2.07. The summed E-state index contributed by atoms with van der Waals surface area (Å²) in [6, 6.07) is 14.6. The van der Waals surface area contributed by atoms with Crippen molar-refractivity contribution in [2.75, 3.05) is 0 Å². The van der Waals surface area contributed by atoms with Crippen molar-refractivity contribution in [2.45, 2.75) is 23.8 Å². The molecular formula is C17H15NO2S. The van der Waals surface area contributed by atoms with Crippen molar-refractivity contribution in [3.05, 3.63) is 54.1 Å². The quantitative estimate of drug-likeness (QED) is 0.882. The molecule has 1 fully saturated rings. The molecule has 0 atom stereocenters. The van der Waals surface area contributed by atoms with Crippen molar-refractivity contribution in [1.82, 2.24) is 4.72 Å². The normalized spacial score (nSPS) is 14.6. The molecule has 3 rings (SSSR count). The Morgan fingerprint density at radius 2 is 1.48 bits per heavy atom. The van der Waals surface area contributed by atoms with Gasteiger partial charge in [-0.05, 0) is 48.2 Å². The average molecular weight is 297 g/mol. The third-order valence-electron chi connectivity index (χ3n) is 3.45. The van der Waals surface area contributed by atoms with Crippen LogP contribution in [0.25, 0.3) is 11.1 Å². The van der Waals surface area contributed by atoms with Crippen LogP contribution in [0.5, 0.6) is 0 Å². The molecule has 0 bridgehead atoms. The van der Waals surface area contributed by atoms with Crippen molar-refractivity contribution >= 4 is 10.0 Å². The van der Waals surface area contributed by atoms with E-state index in [2.05, 4.69) is 10.6 Å². The zero-order valence-corrected chi connectivity index (χ0v) is 12.2. The number of sulfonamides is 1. The predicted octanol–water partition coefficient (Wildman–Crippen LogP) is 2.78. The zero-order chi connectivity index (χ0) is 14.9. The molecule has 106 valence electrons. The maximum absolute atomic E-state index is 12.1. The molecule has 21 heavy (non-hydrogen) atoms. The second-order valence-electron chi connectivity index (χ2n) is 5.14. The van der Waals surface area contributed by atoms with Gasteiger partial charge in [0.1, 0.15) is 0 Å². The SMILES string of the molecule is C#Cc1ccc(-c2ccc(S(=O)(=O)NC3CC3)cc2)cc1. The highest BCUT2D eigenvalue weighted by molar-refractivity contribution is 7.89. The van der Waals surface area contributed by atoms with Gasteiger partial charge in [0, 0.05) is 11.6 Å². The lowest BCUT2D eigenvalue weighted by atomic mass is 10.0. The van der Waals surface area contributed by atoms with E-state index >= 15 is 0 Å². The summed E-state index contributed by atoms with van der Waals surface area (Å²) >= 11 is 0. The Morgan fingerprint density at radius 3 is 1.95 bits per heavy atom.